The molecule has 0 spiro atoms. The monoisotopic (exact) mass is 587 g/mol. The lowest BCUT2D eigenvalue weighted by atomic mass is 10.0. The van der Waals surface area contributed by atoms with Crippen LogP contribution in [0.1, 0.15) is 41.1 Å². The summed E-state index contributed by atoms with van der Waals surface area (Å²) in [5, 5.41) is 6.20. The molecule has 0 fully saturated rings. The van der Waals surface area contributed by atoms with Gasteiger partial charge in [-0.1, -0.05) is 91.3 Å². The van der Waals surface area contributed by atoms with Gasteiger partial charge in [-0.15, -0.1) is 0 Å². The fourth-order valence-electron chi connectivity index (χ4n) is 4.38. The Morgan fingerprint density at radius 1 is 0.905 bits per heavy atom. The third-order valence-corrected chi connectivity index (χ3v) is 7.00. The summed E-state index contributed by atoms with van der Waals surface area (Å²) in [6.07, 6.45) is 2.40. The van der Waals surface area contributed by atoms with Gasteiger partial charge in [0.2, 0.25) is 11.8 Å². The summed E-state index contributed by atoms with van der Waals surface area (Å²) in [6.45, 7) is 2.46. The van der Waals surface area contributed by atoms with Gasteiger partial charge < -0.3 is 25.3 Å². The van der Waals surface area contributed by atoms with Crippen LogP contribution >= 0.6 is 11.6 Å². The molecule has 0 radical (unpaired) electrons. The third-order valence-electron chi connectivity index (χ3n) is 6.74. The summed E-state index contributed by atoms with van der Waals surface area (Å²) < 4.78 is 5.32. The SMILES string of the molecule is CC(CNC(=O)CN(Cc1ccc(Cl)cc1)C(=O)[C@@H](CNC(=O)OCc1ccccc1)c1c[nH]cn1)c1ccccc1. The number of rotatable bonds is 13. The number of H-pyrrole nitrogens is 1. The first-order valence-electron chi connectivity index (χ1n) is 13.7. The zero-order valence-corrected chi connectivity index (χ0v) is 24.1. The van der Waals surface area contributed by atoms with Crippen molar-refractivity contribution in [2.75, 3.05) is 19.6 Å². The van der Waals surface area contributed by atoms with E-state index in [1.54, 1.807) is 30.5 Å². The van der Waals surface area contributed by atoms with E-state index in [9.17, 15) is 14.4 Å². The molecular weight excluding hydrogens is 554 g/mol. The van der Waals surface area contributed by atoms with Gasteiger partial charge in [0.05, 0.1) is 24.5 Å². The largest absolute Gasteiger partial charge is 0.445 e. The predicted molar refractivity (Wildman–Crippen MR) is 161 cm³/mol. The van der Waals surface area contributed by atoms with Crippen LogP contribution in [0.5, 0.6) is 0 Å². The molecule has 1 heterocycles. The minimum atomic E-state index is -0.858. The Morgan fingerprint density at radius 3 is 2.26 bits per heavy atom. The zero-order valence-electron chi connectivity index (χ0n) is 23.3. The number of carbonyl (C=O) groups excluding carboxylic acids is 3. The van der Waals surface area contributed by atoms with Crippen molar-refractivity contribution >= 4 is 29.5 Å². The smallest absolute Gasteiger partial charge is 0.407 e. The van der Waals surface area contributed by atoms with E-state index < -0.39 is 12.0 Å². The van der Waals surface area contributed by atoms with Crippen molar-refractivity contribution in [2.45, 2.75) is 31.9 Å². The van der Waals surface area contributed by atoms with E-state index in [-0.39, 0.29) is 44.0 Å². The average molecular weight is 588 g/mol. The van der Waals surface area contributed by atoms with Crippen molar-refractivity contribution in [3.05, 3.63) is 125 Å². The normalized spacial score (nSPS) is 12.1. The summed E-state index contributed by atoms with van der Waals surface area (Å²) in [5.41, 5.74) is 3.18. The van der Waals surface area contributed by atoms with Gasteiger partial charge in [-0.25, -0.2) is 9.78 Å². The van der Waals surface area contributed by atoms with Gasteiger partial charge in [0, 0.05) is 30.9 Å². The first-order chi connectivity index (χ1) is 20.4. The van der Waals surface area contributed by atoms with E-state index in [1.165, 1.54) is 11.2 Å². The van der Waals surface area contributed by atoms with Crippen LogP contribution in [-0.2, 0) is 27.5 Å². The second-order valence-corrected chi connectivity index (χ2v) is 10.4. The van der Waals surface area contributed by atoms with E-state index in [2.05, 4.69) is 20.6 Å². The van der Waals surface area contributed by atoms with Crippen LogP contribution in [0.25, 0.3) is 0 Å². The van der Waals surface area contributed by atoms with E-state index in [1.807, 2.05) is 67.6 Å². The molecule has 9 nitrogen and oxygen atoms in total. The molecule has 0 bridgehead atoms. The second-order valence-electron chi connectivity index (χ2n) is 9.93. The number of benzene rings is 3. The number of hydrogen-bond donors (Lipinski definition) is 3. The molecule has 3 N–H and O–H groups in total. The number of aromatic nitrogens is 2. The molecule has 10 heteroatoms. The quantitative estimate of drug-likeness (QED) is 0.203. The summed E-state index contributed by atoms with van der Waals surface area (Å²) in [6, 6.07) is 26.3. The molecule has 4 aromatic rings. The van der Waals surface area contributed by atoms with Crippen LogP contribution in [0.2, 0.25) is 5.02 Å². The van der Waals surface area contributed by atoms with Gasteiger partial charge in [-0.2, -0.15) is 0 Å². The summed E-state index contributed by atoms with van der Waals surface area (Å²) in [5.74, 6) is -1.43. The predicted octanol–water partition coefficient (Wildman–Crippen LogP) is 5.02. The van der Waals surface area contributed by atoms with Crippen molar-refractivity contribution in [1.29, 1.82) is 0 Å². The molecule has 3 amide bonds. The van der Waals surface area contributed by atoms with Gasteiger partial charge in [-0.3, -0.25) is 9.59 Å². The van der Waals surface area contributed by atoms with E-state index >= 15 is 0 Å². The second kappa shape index (κ2) is 15.4. The fraction of sp³-hybridized carbons (Fsp3) is 0.250. The number of nitrogens with zero attached hydrogens (tertiary/aromatic N) is 2. The molecular formula is C32H34ClN5O4. The van der Waals surface area contributed by atoms with Crippen LogP contribution in [0.15, 0.2) is 97.5 Å². The molecule has 0 aliphatic heterocycles. The Hall–Kier alpha value is -4.63. The molecule has 4 rings (SSSR count). The van der Waals surface area contributed by atoms with Crippen LogP contribution in [0, 0.1) is 0 Å². The van der Waals surface area contributed by atoms with E-state index in [0.29, 0.717) is 17.3 Å². The van der Waals surface area contributed by atoms with Crippen molar-refractivity contribution in [1.82, 2.24) is 25.5 Å². The van der Waals surface area contributed by atoms with Crippen LogP contribution < -0.4 is 10.6 Å². The van der Waals surface area contributed by atoms with Gasteiger partial charge in [0.15, 0.2) is 0 Å². The maximum absolute atomic E-state index is 14.0. The Labute approximate surface area is 250 Å². The van der Waals surface area contributed by atoms with Crippen LogP contribution in [-0.4, -0.2) is 52.4 Å². The highest BCUT2D eigenvalue weighted by atomic mass is 35.5. The lowest BCUT2D eigenvalue weighted by Gasteiger charge is -2.27. The molecule has 2 atom stereocenters. The first-order valence-corrected chi connectivity index (χ1v) is 14.0. The number of halogens is 1. The molecule has 0 saturated heterocycles. The van der Waals surface area contributed by atoms with E-state index in [4.69, 9.17) is 16.3 Å². The number of ether oxygens (including phenoxy) is 1. The highest BCUT2D eigenvalue weighted by Crippen LogP contribution is 2.19. The Morgan fingerprint density at radius 2 is 1.60 bits per heavy atom. The topological polar surface area (TPSA) is 116 Å². The molecule has 0 aliphatic carbocycles. The molecule has 0 aliphatic rings. The number of imidazole rings is 1. The first kappa shape index (κ1) is 30.3. The van der Waals surface area contributed by atoms with Crippen LogP contribution in [0.4, 0.5) is 4.79 Å². The van der Waals surface area contributed by atoms with E-state index in [0.717, 1.165) is 16.7 Å². The maximum atomic E-state index is 14.0. The molecule has 3 aromatic carbocycles. The maximum Gasteiger partial charge on any atom is 0.407 e. The van der Waals surface area contributed by atoms with Crippen molar-refractivity contribution in [3.8, 4) is 0 Å². The van der Waals surface area contributed by atoms with Gasteiger partial charge >= 0.3 is 6.09 Å². The summed E-state index contributed by atoms with van der Waals surface area (Å²) in [4.78, 5) is 48.1. The minimum Gasteiger partial charge on any atom is -0.445 e. The highest BCUT2D eigenvalue weighted by Gasteiger charge is 2.30. The highest BCUT2D eigenvalue weighted by molar-refractivity contribution is 6.30. The summed E-state index contributed by atoms with van der Waals surface area (Å²) in [7, 11) is 0. The Kier molecular flexibility index (Phi) is 11.1. The van der Waals surface area contributed by atoms with Gasteiger partial charge in [-0.05, 0) is 34.7 Å². The number of hydrogen-bond acceptors (Lipinski definition) is 5. The van der Waals surface area contributed by atoms with Crippen molar-refractivity contribution in [3.63, 3.8) is 0 Å². The summed E-state index contributed by atoms with van der Waals surface area (Å²) >= 11 is 6.06. The third kappa shape index (κ3) is 9.21. The number of nitrogens with one attached hydrogen (secondary N) is 3. The molecule has 1 aromatic heterocycles. The Bertz CT molecular complexity index is 1420. The number of amides is 3. The van der Waals surface area contributed by atoms with Crippen LogP contribution in [0.3, 0.4) is 0 Å². The number of carbonyl (C=O) groups is 3. The van der Waals surface area contributed by atoms with Crippen molar-refractivity contribution in [2.24, 2.45) is 0 Å². The fourth-order valence-corrected chi connectivity index (χ4v) is 4.50. The molecule has 0 saturated carbocycles. The number of alkyl carbamates (subject to hydrolysis) is 1. The lowest BCUT2D eigenvalue weighted by molar-refractivity contribution is -0.138. The van der Waals surface area contributed by atoms with Crippen molar-refractivity contribution < 1.29 is 19.1 Å². The zero-order chi connectivity index (χ0) is 29.7. The molecule has 218 valence electrons. The minimum absolute atomic E-state index is 0.0684. The lowest BCUT2D eigenvalue weighted by Crippen LogP contribution is -2.45. The average Bonchev–Trinajstić information content (AvgIpc) is 3.55. The van der Waals surface area contributed by atoms with Gasteiger partial charge in [0.1, 0.15) is 6.61 Å². The number of aromatic amines is 1. The Balaban J connectivity index is 1.44. The molecule has 1 unspecified atom stereocenters. The van der Waals surface area contributed by atoms with Gasteiger partial charge in [0.25, 0.3) is 0 Å². The molecule has 42 heavy (non-hydrogen) atoms. The standard InChI is InChI=1S/C32H34ClN5O4/c1-23(26-10-6-3-7-11-26)16-35-30(39)20-38(19-24-12-14-27(33)15-13-24)31(40)28(29-18-34-22-37-29)17-36-32(41)42-21-25-8-4-2-5-9-25/h2-15,18,22-23,28H,16-17,19-21H2,1H3,(H,34,37)(H,35,39)(H,36,41)/t23?,28-/m0/s1.